The predicted octanol–water partition coefficient (Wildman–Crippen LogP) is 2.42. The first-order valence-electron chi connectivity index (χ1n) is 5.43. The van der Waals surface area contributed by atoms with E-state index >= 15 is 0 Å². The van der Waals surface area contributed by atoms with Crippen LogP contribution in [0.25, 0.3) is 5.69 Å². The zero-order valence-corrected chi connectivity index (χ0v) is 12.8. The molecule has 3 heteroatoms. The average molecular weight is 319 g/mol. The van der Waals surface area contributed by atoms with E-state index < -0.39 is 21.1 Å². The van der Waals surface area contributed by atoms with Crippen LogP contribution in [0.4, 0.5) is 0 Å². The first-order valence-corrected chi connectivity index (χ1v) is 8.28. The minimum atomic E-state index is -0.474. The quantitative estimate of drug-likeness (QED) is 0.778. The third-order valence-corrected chi connectivity index (χ3v) is 6.07. The van der Waals surface area contributed by atoms with E-state index in [0.717, 1.165) is 5.69 Å². The molecular weight excluding hydrogens is 303 g/mol. The monoisotopic (exact) mass is 320 g/mol. The first-order chi connectivity index (χ1) is 7.54. The van der Waals surface area contributed by atoms with Gasteiger partial charge in [0.15, 0.2) is 0 Å². The van der Waals surface area contributed by atoms with Crippen molar-refractivity contribution in [3.8, 4) is 5.69 Å². The zero-order valence-electron chi connectivity index (χ0n) is 9.94. The Balaban J connectivity index is 2.17. The topological polar surface area (TPSA) is 17.8 Å². The van der Waals surface area contributed by atoms with E-state index in [-0.39, 0.29) is 0 Å². The molecule has 1 aromatic heterocycles. The number of nitrogens with zero attached hydrogens (tertiary/aromatic N) is 2. The number of rotatable bonds is 2. The molecule has 0 spiro atoms. The predicted molar refractivity (Wildman–Crippen MR) is 68.7 cm³/mol. The maximum atomic E-state index is 4.22. The van der Waals surface area contributed by atoms with Crippen molar-refractivity contribution < 1.29 is 0 Å². The van der Waals surface area contributed by atoms with Crippen molar-refractivity contribution in [2.75, 3.05) is 0 Å². The van der Waals surface area contributed by atoms with Gasteiger partial charge in [0.05, 0.1) is 0 Å². The van der Waals surface area contributed by atoms with Gasteiger partial charge in [-0.05, 0) is 0 Å². The molecule has 0 aliphatic heterocycles. The Morgan fingerprint density at radius 1 is 1.12 bits per heavy atom. The van der Waals surface area contributed by atoms with Crippen LogP contribution < -0.4 is 3.58 Å². The number of hydrogen-bond acceptors (Lipinski definition) is 1. The van der Waals surface area contributed by atoms with E-state index in [4.69, 9.17) is 0 Å². The molecule has 2 nitrogen and oxygen atoms in total. The summed E-state index contributed by atoms with van der Waals surface area (Å²) >= 11 is -0.474. The molecule has 0 atom stereocenters. The molecule has 0 amide bonds. The Labute approximate surface area is 107 Å². The van der Waals surface area contributed by atoms with Gasteiger partial charge in [0.1, 0.15) is 0 Å². The van der Waals surface area contributed by atoms with Gasteiger partial charge in [-0.1, -0.05) is 0 Å². The standard InChI is InChI=1S/C9H7N2.C4H9.Sn/c1-2-5-9(6-3-1)11-8-4-7-10-11;1-4(2)3;/h2-8H;1-3H3;. The molecule has 0 saturated heterocycles. The Morgan fingerprint density at radius 3 is 2.31 bits per heavy atom. The maximum absolute atomic E-state index is 4.22. The summed E-state index contributed by atoms with van der Waals surface area (Å²) < 4.78 is 3.95. The summed E-state index contributed by atoms with van der Waals surface area (Å²) in [7, 11) is 0. The van der Waals surface area contributed by atoms with Crippen LogP contribution in [-0.4, -0.2) is 30.9 Å². The molecule has 0 aliphatic carbocycles. The molecule has 0 unspecified atom stereocenters. The van der Waals surface area contributed by atoms with Gasteiger partial charge in [-0.3, -0.25) is 0 Å². The Kier molecular flexibility index (Phi) is 3.38. The van der Waals surface area contributed by atoms with Crippen molar-refractivity contribution in [2.24, 2.45) is 0 Å². The first kappa shape index (κ1) is 11.7. The average Bonchev–Trinajstić information content (AvgIpc) is 2.69. The van der Waals surface area contributed by atoms with Crippen molar-refractivity contribution >= 4 is 24.7 Å². The molecule has 0 fully saturated rings. The molecule has 16 heavy (non-hydrogen) atoms. The number of benzene rings is 1. The van der Waals surface area contributed by atoms with Crippen LogP contribution in [0.1, 0.15) is 20.8 Å². The number of aromatic nitrogens is 2. The molecule has 0 aliphatic rings. The van der Waals surface area contributed by atoms with Crippen molar-refractivity contribution in [2.45, 2.75) is 24.2 Å². The molecule has 2 radical (unpaired) electrons. The fourth-order valence-corrected chi connectivity index (χ4v) is 4.98. The third-order valence-electron chi connectivity index (χ3n) is 2.16. The van der Waals surface area contributed by atoms with Crippen molar-refractivity contribution in [3.63, 3.8) is 0 Å². The van der Waals surface area contributed by atoms with Gasteiger partial charge in [0, 0.05) is 0 Å². The van der Waals surface area contributed by atoms with Gasteiger partial charge in [0.2, 0.25) is 0 Å². The van der Waals surface area contributed by atoms with E-state index in [1.54, 1.807) is 9.78 Å². The van der Waals surface area contributed by atoms with Gasteiger partial charge in [-0.2, -0.15) is 0 Å². The van der Waals surface area contributed by atoms with Crippen LogP contribution in [0.15, 0.2) is 42.7 Å². The number of hydrogen-bond donors (Lipinski definition) is 0. The van der Waals surface area contributed by atoms with Crippen LogP contribution in [0, 0.1) is 0 Å². The van der Waals surface area contributed by atoms with Crippen molar-refractivity contribution in [1.82, 2.24) is 9.78 Å². The fourth-order valence-electron chi connectivity index (χ4n) is 1.55. The summed E-state index contributed by atoms with van der Waals surface area (Å²) in [6, 6.07) is 10.8. The molecule has 1 aromatic carbocycles. The molecule has 0 saturated carbocycles. The van der Waals surface area contributed by atoms with Crippen LogP contribution in [0.2, 0.25) is 3.43 Å². The second-order valence-corrected chi connectivity index (χ2v) is 11.5. The molecule has 2 aromatic rings. The van der Waals surface area contributed by atoms with Gasteiger partial charge in [-0.15, -0.1) is 0 Å². The van der Waals surface area contributed by atoms with E-state index in [1.807, 2.05) is 16.9 Å². The second kappa shape index (κ2) is 4.61. The van der Waals surface area contributed by atoms with E-state index in [9.17, 15) is 0 Å². The van der Waals surface area contributed by atoms with Crippen molar-refractivity contribution in [3.05, 3.63) is 42.7 Å². The van der Waals surface area contributed by atoms with Gasteiger partial charge in [0.25, 0.3) is 0 Å². The third kappa shape index (κ3) is 3.11. The summed E-state index contributed by atoms with van der Waals surface area (Å²) in [5.74, 6) is 0. The van der Waals surface area contributed by atoms with E-state index in [0.29, 0.717) is 3.43 Å². The summed E-state index contributed by atoms with van der Waals surface area (Å²) in [5, 5.41) is 4.22. The Bertz CT molecular complexity index is 438. The summed E-state index contributed by atoms with van der Waals surface area (Å²) in [6.07, 6.45) is 3.78. The summed E-state index contributed by atoms with van der Waals surface area (Å²) in [5.41, 5.74) is 1.14. The zero-order chi connectivity index (χ0) is 11.6. The van der Waals surface area contributed by atoms with E-state index in [1.165, 1.54) is 0 Å². The molecule has 0 bridgehead atoms. The van der Waals surface area contributed by atoms with E-state index in [2.05, 4.69) is 50.1 Å². The molecule has 82 valence electrons. The molecule has 2 rings (SSSR count). The van der Waals surface area contributed by atoms with Crippen molar-refractivity contribution in [1.29, 1.82) is 0 Å². The fraction of sp³-hybridized carbons (Fsp3) is 0.308. The van der Waals surface area contributed by atoms with Crippen LogP contribution in [0.5, 0.6) is 0 Å². The minimum absolute atomic E-state index is 0.474. The Hall–Kier alpha value is -0.771. The summed E-state index contributed by atoms with van der Waals surface area (Å²) in [4.78, 5) is 0. The summed E-state index contributed by atoms with van der Waals surface area (Å²) in [6.45, 7) is 7.00. The second-order valence-electron chi connectivity index (χ2n) is 4.87. The van der Waals surface area contributed by atoms with Gasteiger partial charge in [-0.25, -0.2) is 0 Å². The molecular formula is C13H16N2Sn. The SMILES string of the molecule is C[C](C)(C)[Sn][c]1ccc(-n2cccn2)cc1. The Morgan fingerprint density at radius 2 is 1.81 bits per heavy atom. The van der Waals surface area contributed by atoms with Gasteiger partial charge >= 0.3 is 107 Å². The molecule has 0 N–H and O–H groups in total. The van der Waals surface area contributed by atoms with Gasteiger partial charge < -0.3 is 0 Å². The van der Waals surface area contributed by atoms with Crippen LogP contribution in [0.3, 0.4) is 0 Å². The normalized spacial score (nSPS) is 11.7. The molecule has 1 heterocycles. The van der Waals surface area contributed by atoms with Crippen LogP contribution >= 0.6 is 0 Å². The van der Waals surface area contributed by atoms with Crippen LogP contribution in [-0.2, 0) is 0 Å².